The van der Waals surface area contributed by atoms with Crippen LogP contribution in [-0.2, 0) is 27.8 Å². The van der Waals surface area contributed by atoms with Gasteiger partial charge in [0.1, 0.15) is 30.0 Å². The molecule has 0 unspecified atom stereocenters. The van der Waals surface area contributed by atoms with E-state index in [0.717, 1.165) is 40.3 Å². The quantitative estimate of drug-likeness (QED) is 0.153. The minimum atomic E-state index is -2.54. The molecule has 3 aromatic carbocycles. The van der Waals surface area contributed by atoms with Gasteiger partial charge in [-0.3, -0.25) is 23.4 Å². The molecule has 1 amide bonds. The van der Waals surface area contributed by atoms with Crippen molar-refractivity contribution in [1.29, 1.82) is 0 Å². The van der Waals surface area contributed by atoms with Gasteiger partial charge in [-0.15, -0.1) is 0 Å². The lowest BCUT2D eigenvalue weighted by molar-refractivity contribution is 0.0663. The van der Waals surface area contributed by atoms with Crippen molar-refractivity contribution in [1.82, 2.24) is 38.5 Å². The zero-order valence-electron chi connectivity index (χ0n) is 36.2. The fourth-order valence-corrected chi connectivity index (χ4v) is 11.0. The highest BCUT2D eigenvalue weighted by atomic mass is 31.2. The maximum absolute atomic E-state index is 15.4. The van der Waals surface area contributed by atoms with Gasteiger partial charge in [0, 0.05) is 60.3 Å². The molecular formula is C47H50FN8O6P. The monoisotopic (exact) mass is 872 g/mol. The Morgan fingerprint density at radius 1 is 1.00 bits per heavy atom. The topological polar surface area (TPSA) is 155 Å². The maximum Gasteiger partial charge on any atom is 0.438 e. The summed E-state index contributed by atoms with van der Waals surface area (Å²) >= 11 is 0. The number of nitrogens with one attached hydrogen (secondary N) is 1. The highest BCUT2D eigenvalue weighted by molar-refractivity contribution is 7.70. The predicted octanol–water partition coefficient (Wildman–Crippen LogP) is 6.94. The Hall–Kier alpha value is -6.05. The Kier molecular flexibility index (Phi) is 9.79. The number of hydrogen-bond donors (Lipinski definition) is 1. The molecule has 0 radical (unpaired) electrons. The summed E-state index contributed by atoms with van der Waals surface area (Å²) in [4.78, 5) is 47.0. The molecule has 2 aliphatic heterocycles. The van der Waals surface area contributed by atoms with Gasteiger partial charge in [-0.25, -0.2) is 18.7 Å². The number of aromatic amines is 1. The molecule has 1 aliphatic carbocycles. The molecule has 0 bridgehead atoms. The average molecular weight is 873 g/mol. The van der Waals surface area contributed by atoms with Gasteiger partial charge in [-0.2, -0.15) is 5.10 Å². The van der Waals surface area contributed by atoms with Gasteiger partial charge >= 0.3 is 11.4 Å². The summed E-state index contributed by atoms with van der Waals surface area (Å²) in [5.41, 5.74) is 5.05. The van der Waals surface area contributed by atoms with E-state index in [1.807, 2.05) is 46.7 Å². The van der Waals surface area contributed by atoms with Crippen LogP contribution < -0.4 is 16.8 Å². The number of fused-ring (bicyclic) bond motifs is 2. The Balaban J connectivity index is 1.10. The third kappa shape index (κ3) is 6.78. The second-order valence-corrected chi connectivity index (χ2v) is 21.3. The van der Waals surface area contributed by atoms with Crippen molar-refractivity contribution >= 4 is 29.3 Å². The van der Waals surface area contributed by atoms with E-state index in [0.29, 0.717) is 78.2 Å². The molecule has 0 spiro atoms. The van der Waals surface area contributed by atoms with E-state index < -0.39 is 24.5 Å². The van der Waals surface area contributed by atoms with E-state index in [1.165, 1.54) is 5.56 Å². The van der Waals surface area contributed by atoms with Crippen molar-refractivity contribution in [2.24, 2.45) is 5.92 Å². The van der Waals surface area contributed by atoms with Crippen LogP contribution in [0.2, 0.25) is 0 Å². The highest BCUT2D eigenvalue weighted by Crippen LogP contribution is 2.56. The fraction of sp³-hybridized carbons (Fsp3) is 0.383. The number of hydrogen-bond acceptors (Lipinski definition) is 8. The van der Waals surface area contributed by atoms with Crippen LogP contribution in [0.3, 0.4) is 0 Å². The van der Waals surface area contributed by atoms with Crippen LogP contribution >= 0.6 is 7.14 Å². The van der Waals surface area contributed by atoms with Crippen LogP contribution in [0, 0.1) is 25.6 Å². The number of halogens is 1. The number of rotatable bonds is 9. The summed E-state index contributed by atoms with van der Waals surface area (Å²) in [6.07, 6.45) is 6.28. The highest BCUT2D eigenvalue weighted by Gasteiger charge is 2.59. The van der Waals surface area contributed by atoms with Crippen molar-refractivity contribution in [2.75, 3.05) is 33.1 Å². The molecule has 16 heteroatoms. The smallest absolute Gasteiger partial charge is 0.381 e. The first-order valence-electron chi connectivity index (χ1n) is 21.6. The molecule has 3 atom stereocenters. The van der Waals surface area contributed by atoms with E-state index in [2.05, 4.69) is 35.3 Å². The van der Waals surface area contributed by atoms with Crippen molar-refractivity contribution in [2.45, 2.75) is 77.4 Å². The number of aryl methyl sites for hydroxylation is 2. The van der Waals surface area contributed by atoms with Crippen molar-refractivity contribution in [3.63, 3.8) is 0 Å². The molecule has 3 aliphatic rings. The molecule has 10 rings (SSSR count). The number of imidazole rings is 1. The minimum Gasteiger partial charge on any atom is -0.381 e. The Labute approximate surface area is 362 Å². The SMILES string of the molecule is Cc1cc(-n2nc3c(c2-n2ccn(Cc4cccc(P(C)(C)=O)c4)c2=O)[C@H](C)N(C(=O)c2cc4cc(C5CCOCC5)ccc4n2[C@@]2(c4noc(=O)[nH]4)C[C@@H]2C)CC3)cc(C)c1F. The zero-order chi connectivity index (χ0) is 44.1. The van der Waals surface area contributed by atoms with E-state index in [-0.39, 0.29) is 29.9 Å². The first-order valence-corrected chi connectivity index (χ1v) is 24.2. The van der Waals surface area contributed by atoms with Crippen LogP contribution in [-0.4, -0.2) is 77.5 Å². The number of ether oxygens (including phenoxy) is 1. The third-order valence-corrected chi connectivity index (χ3v) is 15.1. The maximum atomic E-state index is 15.4. The van der Waals surface area contributed by atoms with E-state index >= 15 is 9.18 Å². The average Bonchev–Trinajstić information content (AvgIpc) is 3.74. The summed E-state index contributed by atoms with van der Waals surface area (Å²) in [5.74, 6) is 0.000558. The first kappa shape index (κ1) is 41.0. The Morgan fingerprint density at radius 3 is 2.43 bits per heavy atom. The van der Waals surface area contributed by atoms with Gasteiger partial charge in [-0.05, 0) is 124 Å². The number of carbonyl (C=O) groups excluding carboxylic acids is 1. The van der Waals surface area contributed by atoms with Crippen molar-refractivity contribution < 1.29 is 23.0 Å². The van der Waals surface area contributed by atoms with Gasteiger partial charge in [0.05, 0.1) is 24.0 Å². The van der Waals surface area contributed by atoms with Gasteiger partial charge in [0.2, 0.25) is 0 Å². The van der Waals surface area contributed by atoms with E-state index in [4.69, 9.17) is 14.4 Å². The molecule has 14 nitrogen and oxygen atoms in total. The molecule has 63 heavy (non-hydrogen) atoms. The zero-order valence-corrected chi connectivity index (χ0v) is 37.1. The number of amides is 1. The standard InChI is InChI=1S/C47H50FN8O6P/c1-27-20-35(21-28(2)41(27)48)56-42(54-17-16-52(46(54)59)26-31-8-7-9-36(22-31)63(5,6)60)40-30(4)53(15-12-37(40)50-56)43(57)39-24-34-23-33(32-13-18-61-19-14-32)10-11-38(34)55(39)47(25-29(47)3)44-49-45(58)62-51-44/h7-11,16-17,20-24,29-30,32H,12-15,18-19,25-26H2,1-6H3,(H,49,51,58)/t29-,30-,47-/m0/s1. The van der Waals surface area contributed by atoms with Crippen LogP contribution in [0.1, 0.15) is 94.9 Å². The molecule has 1 N–H and O–H groups in total. The lowest BCUT2D eigenvalue weighted by Gasteiger charge is -2.34. The van der Waals surface area contributed by atoms with E-state index in [9.17, 15) is 14.2 Å². The molecule has 1 saturated carbocycles. The summed E-state index contributed by atoms with van der Waals surface area (Å²) in [7, 11) is -2.54. The first-order chi connectivity index (χ1) is 30.1. The molecule has 7 aromatic rings. The number of benzene rings is 3. The van der Waals surface area contributed by atoms with Crippen molar-refractivity contribution in [3.8, 4) is 11.5 Å². The largest absolute Gasteiger partial charge is 0.438 e. The minimum absolute atomic E-state index is 0.0280. The number of nitrogens with zero attached hydrogens (tertiary/aromatic N) is 7. The van der Waals surface area contributed by atoms with Gasteiger partial charge < -0.3 is 18.8 Å². The van der Waals surface area contributed by atoms with Gasteiger partial charge in [0.15, 0.2) is 5.82 Å². The van der Waals surface area contributed by atoms with Crippen LogP contribution in [0.25, 0.3) is 22.4 Å². The number of aromatic nitrogens is 7. The predicted molar refractivity (Wildman–Crippen MR) is 237 cm³/mol. The Morgan fingerprint density at radius 2 is 1.75 bits per heavy atom. The number of H-pyrrole nitrogens is 1. The molecule has 6 heterocycles. The van der Waals surface area contributed by atoms with E-state index in [1.54, 1.807) is 65.5 Å². The Bertz CT molecular complexity index is 3120. The lowest BCUT2D eigenvalue weighted by Crippen LogP contribution is -2.41. The van der Waals surface area contributed by atoms with Gasteiger partial charge in [0.25, 0.3) is 5.91 Å². The molecule has 4 aromatic heterocycles. The van der Waals surface area contributed by atoms with Crippen LogP contribution in [0.5, 0.6) is 0 Å². The normalized spacial score (nSPS) is 20.4. The summed E-state index contributed by atoms with van der Waals surface area (Å²) in [6.45, 7) is 12.9. The van der Waals surface area contributed by atoms with Crippen LogP contribution in [0.4, 0.5) is 4.39 Å². The van der Waals surface area contributed by atoms with Crippen molar-refractivity contribution in [3.05, 3.63) is 145 Å². The van der Waals surface area contributed by atoms with Gasteiger partial charge in [-0.1, -0.05) is 36.3 Å². The summed E-state index contributed by atoms with van der Waals surface area (Å²) in [5, 5.41) is 10.9. The lowest BCUT2D eigenvalue weighted by atomic mass is 9.91. The molecular weight excluding hydrogens is 823 g/mol. The molecule has 326 valence electrons. The summed E-state index contributed by atoms with van der Waals surface area (Å²) in [6, 6.07) is 18.7. The third-order valence-electron chi connectivity index (χ3n) is 13.6. The second kappa shape index (κ2) is 15.0. The number of carbonyl (C=O) groups is 1. The fourth-order valence-electron chi connectivity index (χ4n) is 10.1. The molecule has 1 saturated heterocycles. The molecule has 2 fully saturated rings. The van der Waals surface area contributed by atoms with Crippen LogP contribution in [0.15, 0.2) is 87.2 Å². The summed E-state index contributed by atoms with van der Waals surface area (Å²) < 4.78 is 45.6. The second-order valence-electron chi connectivity index (χ2n) is 18.1.